The second kappa shape index (κ2) is 2.31. The summed E-state index contributed by atoms with van der Waals surface area (Å²) in [6, 6.07) is 0. The van der Waals surface area contributed by atoms with E-state index < -0.39 is 10.8 Å². The zero-order valence-corrected chi connectivity index (χ0v) is 5.86. The summed E-state index contributed by atoms with van der Waals surface area (Å²) in [6.45, 7) is 2.55. The summed E-state index contributed by atoms with van der Waals surface area (Å²) in [5.74, 6) is 0. The molecule has 3 nitrogen and oxygen atoms in total. The van der Waals surface area contributed by atoms with Gasteiger partial charge in [-0.2, -0.15) is 6.20 Å². The highest BCUT2D eigenvalue weighted by Crippen LogP contribution is 2.04. The number of hydrogen-bond donors (Lipinski definition) is 1. The standard InChI is InChI=1S/C5H7N2OS/c1-2-7-3-4-9(8)5(7)6/h4,6H,2H2,1H3/q-1. The minimum Gasteiger partial charge on any atom is -0.489 e. The van der Waals surface area contributed by atoms with E-state index in [0.29, 0.717) is 6.54 Å². The molecule has 0 fully saturated rings. The molecule has 0 aliphatic carbocycles. The number of hydrogen-bond acceptors (Lipinski definition) is 2. The number of rotatable bonds is 1. The van der Waals surface area contributed by atoms with Gasteiger partial charge in [0.15, 0.2) is 0 Å². The Morgan fingerprint density at radius 2 is 2.67 bits per heavy atom. The van der Waals surface area contributed by atoms with E-state index in [1.165, 1.54) is 10.3 Å². The Hall–Kier alpha value is -0.640. The van der Waals surface area contributed by atoms with E-state index in [2.05, 4.69) is 6.20 Å². The first-order valence-electron chi connectivity index (χ1n) is 2.62. The molecule has 0 saturated carbocycles. The van der Waals surface area contributed by atoms with E-state index in [4.69, 9.17) is 5.41 Å². The van der Waals surface area contributed by atoms with Crippen molar-refractivity contribution in [3.63, 3.8) is 0 Å². The van der Waals surface area contributed by atoms with Crippen LogP contribution in [-0.4, -0.2) is 20.8 Å². The molecule has 0 saturated heterocycles. The average molecular weight is 143 g/mol. The van der Waals surface area contributed by atoms with E-state index in [-0.39, 0.29) is 5.17 Å². The molecule has 0 aromatic heterocycles. The quantitative estimate of drug-likeness (QED) is 0.536. The molecular weight excluding hydrogens is 136 g/mol. The maximum absolute atomic E-state index is 10.7. The van der Waals surface area contributed by atoms with Crippen LogP contribution >= 0.6 is 0 Å². The van der Waals surface area contributed by atoms with Crippen molar-refractivity contribution in [2.24, 2.45) is 0 Å². The molecule has 0 aromatic carbocycles. The third kappa shape index (κ3) is 1.03. The van der Waals surface area contributed by atoms with Gasteiger partial charge in [0.05, 0.1) is 0 Å². The van der Waals surface area contributed by atoms with Crippen LogP contribution in [0.3, 0.4) is 0 Å². The van der Waals surface area contributed by atoms with E-state index in [1.807, 2.05) is 6.92 Å². The fourth-order valence-electron chi connectivity index (χ4n) is 0.569. The fourth-order valence-corrected chi connectivity index (χ4v) is 1.30. The van der Waals surface area contributed by atoms with Crippen molar-refractivity contribution in [3.8, 4) is 0 Å². The molecule has 1 N–H and O–H groups in total. The van der Waals surface area contributed by atoms with Gasteiger partial charge in [-0.15, -0.1) is 0 Å². The summed E-state index contributed by atoms with van der Waals surface area (Å²) < 4.78 is 10.7. The molecule has 1 aliphatic heterocycles. The Morgan fingerprint density at radius 3 is 2.89 bits per heavy atom. The highest BCUT2D eigenvalue weighted by atomic mass is 32.2. The highest BCUT2D eigenvalue weighted by Gasteiger charge is 2.02. The first kappa shape index (κ1) is 6.48. The van der Waals surface area contributed by atoms with Crippen molar-refractivity contribution in [1.29, 1.82) is 5.41 Å². The maximum atomic E-state index is 10.7. The van der Waals surface area contributed by atoms with E-state index in [0.717, 1.165) is 0 Å². The molecule has 0 spiro atoms. The largest absolute Gasteiger partial charge is 0.489 e. The molecule has 0 aromatic rings. The van der Waals surface area contributed by atoms with Gasteiger partial charge < -0.3 is 10.3 Å². The molecule has 1 atom stereocenters. The molecule has 1 heterocycles. The lowest BCUT2D eigenvalue weighted by atomic mass is 10.6. The predicted molar refractivity (Wildman–Crippen MR) is 36.1 cm³/mol. The molecule has 9 heavy (non-hydrogen) atoms. The predicted octanol–water partition coefficient (Wildman–Crippen LogP) is 0.280. The Labute approximate surface area is 56.3 Å². The third-order valence-corrected chi connectivity index (χ3v) is 1.99. The Balaban J connectivity index is 2.73. The molecular formula is C5H7N2OS-. The van der Waals surface area contributed by atoms with Crippen LogP contribution in [0.25, 0.3) is 0 Å². The second-order valence-electron chi connectivity index (χ2n) is 1.59. The van der Waals surface area contributed by atoms with Crippen LogP contribution in [-0.2, 0) is 10.8 Å². The van der Waals surface area contributed by atoms with Crippen LogP contribution in [0.1, 0.15) is 6.92 Å². The Bertz CT molecular complexity index is 187. The Kier molecular flexibility index (Phi) is 1.66. The average Bonchev–Trinajstić information content (AvgIpc) is 2.15. The first-order valence-corrected chi connectivity index (χ1v) is 3.83. The van der Waals surface area contributed by atoms with Gasteiger partial charge >= 0.3 is 0 Å². The van der Waals surface area contributed by atoms with Gasteiger partial charge in [-0.25, -0.2) is 0 Å². The number of nitrogens with zero attached hydrogens (tertiary/aromatic N) is 1. The van der Waals surface area contributed by atoms with Crippen LogP contribution in [0.4, 0.5) is 0 Å². The van der Waals surface area contributed by atoms with Crippen molar-refractivity contribution < 1.29 is 4.21 Å². The van der Waals surface area contributed by atoms with Crippen molar-refractivity contribution in [3.05, 3.63) is 11.6 Å². The minimum atomic E-state index is -1.22. The molecule has 1 rings (SSSR count). The molecule has 0 radical (unpaired) electrons. The zero-order chi connectivity index (χ0) is 6.85. The van der Waals surface area contributed by atoms with Crippen LogP contribution in [0.5, 0.6) is 0 Å². The van der Waals surface area contributed by atoms with Crippen LogP contribution in [0, 0.1) is 11.6 Å². The van der Waals surface area contributed by atoms with E-state index >= 15 is 0 Å². The normalized spacial score (nSPS) is 25.7. The van der Waals surface area contributed by atoms with Gasteiger partial charge in [0.25, 0.3) is 0 Å². The fraction of sp³-hybridized carbons (Fsp3) is 0.400. The van der Waals surface area contributed by atoms with Crippen LogP contribution < -0.4 is 0 Å². The molecule has 1 unspecified atom stereocenters. The molecule has 1 aliphatic rings. The van der Waals surface area contributed by atoms with Crippen LogP contribution in [0.2, 0.25) is 0 Å². The molecule has 0 amide bonds. The van der Waals surface area contributed by atoms with Gasteiger partial charge in [0, 0.05) is 16.0 Å². The molecule has 0 bridgehead atoms. The van der Waals surface area contributed by atoms with Crippen molar-refractivity contribution in [1.82, 2.24) is 4.90 Å². The van der Waals surface area contributed by atoms with Crippen molar-refractivity contribution >= 4 is 16.0 Å². The van der Waals surface area contributed by atoms with Crippen LogP contribution in [0.15, 0.2) is 5.41 Å². The van der Waals surface area contributed by atoms with Crippen molar-refractivity contribution in [2.45, 2.75) is 6.92 Å². The van der Waals surface area contributed by atoms with Gasteiger partial charge in [-0.05, 0) is 13.5 Å². The van der Waals surface area contributed by atoms with Crippen molar-refractivity contribution in [2.75, 3.05) is 6.54 Å². The third-order valence-electron chi connectivity index (χ3n) is 1.07. The van der Waals surface area contributed by atoms with Gasteiger partial charge in [0.1, 0.15) is 0 Å². The Morgan fingerprint density at radius 1 is 2.00 bits per heavy atom. The van der Waals surface area contributed by atoms with E-state index in [9.17, 15) is 4.21 Å². The molecule has 4 heteroatoms. The zero-order valence-electron chi connectivity index (χ0n) is 5.05. The minimum absolute atomic E-state index is 0.137. The lowest BCUT2D eigenvalue weighted by molar-refractivity contribution is 0.579. The first-order chi connectivity index (χ1) is 4.25. The summed E-state index contributed by atoms with van der Waals surface area (Å²) in [5, 5.41) is 8.68. The second-order valence-corrected chi connectivity index (χ2v) is 2.81. The highest BCUT2D eigenvalue weighted by molar-refractivity contribution is 8.03. The summed E-state index contributed by atoms with van der Waals surface area (Å²) in [5.41, 5.74) is 0. The summed E-state index contributed by atoms with van der Waals surface area (Å²) in [4.78, 5) is 1.52. The van der Waals surface area contributed by atoms with Gasteiger partial charge in [-0.3, -0.25) is 4.21 Å². The SMILES string of the molecule is CCN1[C-]=CS(=O)C1=N. The topological polar surface area (TPSA) is 44.2 Å². The smallest absolute Gasteiger partial charge is 0.0406 e. The number of amidine groups is 1. The van der Waals surface area contributed by atoms with Gasteiger partial charge in [0.2, 0.25) is 0 Å². The summed E-state index contributed by atoms with van der Waals surface area (Å²) in [6.07, 6.45) is 2.69. The molecule has 50 valence electrons. The lowest BCUT2D eigenvalue weighted by Gasteiger charge is -2.22. The maximum Gasteiger partial charge on any atom is 0.0406 e. The lowest BCUT2D eigenvalue weighted by Crippen LogP contribution is -2.22. The summed E-state index contributed by atoms with van der Waals surface area (Å²) in [7, 11) is -1.22. The monoisotopic (exact) mass is 143 g/mol. The van der Waals surface area contributed by atoms with Gasteiger partial charge in [-0.1, -0.05) is 5.41 Å². The number of nitrogens with one attached hydrogen (secondary N) is 1. The van der Waals surface area contributed by atoms with E-state index in [1.54, 1.807) is 0 Å². The summed E-state index contributed by atoms with van der Waals surface area (Å²) >= 11 is 0.